The first kappa shape index (κ1) is 17.9. The first-order valence-corrected chi connectivity index (χ1v) is 8.58. The van der Waals surface area contributed by atoms with Crippen molar-refractivity contribution in [2.45, 2.75) is 20.4 Å². The van der Waals surface area contributed by atoms with Crippen LogP contribution in [0.25, 0.3) is 0 Å². The molecule has 3 aromatic rings. The third-order valence-corrected chi connectivity index (χ3v) is 4.30. The van der Waals surface area contributed by atoms with Gasteiger partial charge in [0.2, 0.25) is 5.95 Å². The number of benzene rings is 2. The molecule has 0 saturated carbocycles. The molecule has 0 radical (unpaired) electrons. The van der Waals surface area contributed by atoms with Gasteiger partial charge in [0, 0.05) is 29.6 Å². The molecule has 0 saturated heterocycles. The van der Waals surface area contributed by atoms with Gasteiger partial charge < -0.3 is 10.6 Å². The number of hydrogen-bond acceptors (Lipinski definition) is 4. The molecule has 0 atom stereocenters. The summed E-state index contributed by atoms with van der Waals surface area (Å²) in [5.41, 5.74) is 4.48. The Labute approximate surface area is 157 Å². The lowest BCUT2D eigenvalue weighted by molar-refractivity contribution is 0.0950. The molecule has 1 heterocycles. The predicted octanol–water partition coefficient (Wildman–Crippen LogP) is 4.42. The van der Waals surface area contributed by atoms with E-state index in [1.165, 1.54) is 12.4 Å². The SMILES string of the molecule is Cc1ccccc1CNC(=O)c1cnc(Nc2cc(Cl)ccc2C)nc1. The van der Waals surface area contributed by atoms with Crippen LogP contribution in [0.3, 0.4) is 0 Å². The summed E-state index contributed by atoms with van der Waals surface area (Å²) in [4.78, 5) is 20.7. The minimum absolute atomic E-state index is 0.210. The van der Waals surface area contributed by atoms with Crippen molar-refractivity contribution in [1.82, 2.24) is 15.3 Å². The monoisotopic (exact) mass is 366 g/mol. The average molecular weight is 367 g/mol. The fraction of sp³-hybridized carbons (Fsp3) is 0.150. The highest BCUT2D eigenvalue weighted by atomic mass is 35.5. The highest BCUT2D eigenvalue weighted by Gasteiger charge is 2.08. The summed E-state index contributed by atoms with van der Waals surface area (Å²) in [6, 6.07) is 13.5. The molecule has 3 rings (SSSR count). The number of carbonyl (C=O) groups excluding carboxylic acids is 1. The minimum Gasteiger partial charge on any atom is -0.348 e. The summed E-state index contributed by atoms with van der Waals surface area (Å²) in [5, 5.41) is 6.62. The molecule has 5 nitrogen and oxygen atoms in total. The average Bonchev–Trinajstić information content (AvgIpc) is 2.64. The lowest BCUT2D eigenvalue weighted by Gasteiger charge is -2.10. The maximum absolute atomic E-state index is 12.3. The van der Waals surface area contributed by atoms with Crippen molar-refractivity contribution in [2.24, 2.45) is 0 Å². The van der Waals surface area contributed by atoms with E-state index in [0.29, 0.717) is 23.1 Å². The molecule has 26 heavy (non-hydrogen) atoms. The number of anilines is 2. The molecule has 0 aliphatic carbocycles. The van der Waals surface area contributed by atoms with Crippen LogP contribution in [0.5, 0.6) is 0 Å². The molecular formula is C20H19ClN4O. The van der Waals surface area contributed by atoms with Crippen LogP contribution in [0.4, 0.5) is 11.6 Å². The second kappa shape index (κ2) is 7.97. The van der Waals surface area contributed by atoms with Crippen molar-refractivity contribution in [3.63, 3.8) is 0 Å². The largest absolute Gasteiger partial charge is 0.348 e. The van der Waals surface area contributed by atoms with E-state index < -0.39 is 0 Å². The van der Waals surface area contributed by atoms with Crippen LogP contribution in [-0.2, 0) is 6.54 Å². The van der Waals surface area contributed by atoms with Gasteiger partial charge in [0.25, 0.3) is 5.91 Å². The lowest BCUT2D eigenvalue weighted by atomic mass is 10.1. The Morgan fingerprint density at radius 2 is 1.77 bits per heavy atom. The zero-order valence-electron chi connectivity index (χ0n) is 14.6. The zero-order valence-corrected chi connectivity index (χ0v) is 15.3. The molecule has 0 aliphatic rings. The van der Waals surface area contributed by atoms with Crippen LogP contribution in [-0.4, -0.2) is 15.9 Å². The van der Waals surface area contributed by atoms with Crippen molar-refractivity contribution in [3.05, 3.63) is 82.1 Å². The number of nitrogens with zero attached hydrogens (tertiary/aromatic N) is 2. The van der Waals surface area contributed by atoms with E-state index in [1.54, 1.807) is 0 Å². The third-order valence-electron chi connectivity index (χ3n) is 4.06. The molecule has 1 aromatic heterocycles. The van der Waals surface area contributed by atoms with E-state index in [-0.39, 0.29) is 5.91 Å². The van der Waals surface area contributed by atoms with Crippen LogP contribution >= 0.6 is 11.6 Å². The molecule has 0 aliphatic heterocycles. The highest BCUT2D eigenvalue weighted by Crippen LogP contribution is 2.22. The summed E-state index contributed by atoms with van der Waals surface area (Å²) >= 11 is 6.01. The Balaban J connectivity index is 1.64. The number of aromatic nitrogens is 2. The Morgan fingerprint density at radius 1 is 1.04 bits per heavy atom. The van der Waals surface area contributed by atoms with Gasteiger partial charge in [-0.15, -0.1) is 0 Å². The van der Waals surface area contributed by atoms with Gasteiger partial charge in [-0.25, -0.2) is 9.97 Å². The lowest BCUT2D eigenvalue weighted by Crippen LogP contribution is -2.23. The molecule has 1 amide bonds. The van der Waals surface area contributed by atoms with Crippen molar-refractivity contribution in [1.29, 1.82) is 0 Å². The Hall–Kier alpha value is -2.92. The van der Waals surface area contributed by atoms with Gasteiger partial charge in [-0.2, -0.15) is 0 Å². The second-order valence-corrected chi connectivity index (χ2v) is 6.43. The van der Waals surface area contributed by atoms with Gasteiger partial charge in [0.05, 0.1) is 5.56 Å². The molecule has 0 bridgehead atoms. The number of halogens is 1. The second-order valence-electron chi connectivity index (χ2n) is 5.99. The summed E-state index contributed by atoms with van der Waals surface area (Å²) in [5.74, 6) is 0.199. The minimum atomic E-state index is -0.210. The fourth-order valence-corrected chi connectivity index (χ4v) is 2.62. The van der Waals surface area contributed by atoms with Crippen LogP contribution in [0.1, 0.15) is 27.0 Å². The van der Waals surface area contributed by atoms with Gasteiger partial charge in [0.15, 0.2) is 0 Å². The predicted molar refractivity (Wildman–Crippen MR) is 104 cm³/mol. The topological polar surface area (TPSA) is 66.9 Å². The molecule has 0 unspecified atom stereocenters. The van der Waals surface area contributed by atoms with E-state index in [9.17, 15) is 4.79 Å². The smallest absolute Gasteiger partial charge is 0.254 e. The first-order valence-electron chi connectivity index (χ1n) is 8.21. The van der Waals surface area contributed by atoms with Gasteiger partial charge in [-0.3, -0.25) is 4.79 Å². The van der Waals surface area contributed by atoms with Crippen LogP contribution in [0.15, 0.2) is 54.9 Å². The van der Waals surface area contributed by atoms with E-state index in [4.69, 9.17) is 11.6 Å². The standard InChI is InChI=1S/C20H19ClN4O/c1-13-5-3-4-6-15(13)10-22-19(26)16-11-23-20(24-12-16)25-18-9-17(21)8-7-14(18)2/h3-9,11-12H,10H2,1-2H3,(H,22,26)(H,23,24,25). The number of hydrogen-bond donors (Lipinski definition) is 2. The number of aryl methyl sites for hydroxylation is 2. The fourth-order valence-electron chi connectivity index (χ4n) is 2.45. The third kappa shape index (κ3) is 4.37. The number of amides is 1. The quantitative estimate of drug-likeness (QED) is 0.701. The van der Waals surface area contributed by atoms with E-state index in [2.05, 4.69) is 20.6 Å². The Bertz CT molecular complexity index is 925. The summed E-state index contributed by atoms with van der Waals surface area (Å²) in [6.45, 7) is 4.45. The Morgan fingerprint density at radius 3 is 2.50 bits per heavy atom. The van der Waals surface area contributed by atoms with E-state index in [0.717, 1.165) is 22.4 Å². The molecule has 2 aromatic carbocycles. The first-order chi connectivity index (χ1) is 12.5. The van der Waals surface area contributed by atoms with Gasteiger partial charge in [-0.05, 0) is 42.7 Å². The maximum atomic E-state index is 12.3. The Kier molecular flexibility index (Phi) is 5.49. The number of carbonyl (C=O) groups is 1. The summed E-state index contributed by atoms with van der Waals surface area (Å²) in [7, 11) is 0. The molecule has 6 heteroatoms. The van der Waals surface area contributed by atoms with Gasteiger partial charge >= 0.3 is 0 Å². The highest BCUT2D eigenvalue weighted by molar-refractivity contribution is 6.30. The normalized spacial score (nSPS) is 10.4. The van der Waals surface area contributed by atoms with Crippen molar-refractivity contribution in [2.75, 3.05) is 5.32 Å². The summed E-state index contributed by atoms with van der Waals surface area (Å²) < 4.78 is 0. The van der Waals surface area contributed by atoms with Crippen LogP contribution in [0.2, 0.25) is 5.02 Å². The number of rotatable bonds is 5. The molecule has 0 fully saturated rings. The summed E-state index contributed by atoms with van der Waals surface area (Å²) in [6.07, 6.45) is 3.00. The van der Waals surface area contributed by atoms with Crippen LogP contribution < -0.4 is 10.6 Å². The zero-order chi connectivity index (χ0) is 18.5. The molecule has 132 valence electrons. The van der Waals surface area contributed by atoms with E-state index >= 15 is 0 Å². The van der Waals surface area contributed by atoms with Gasteiger partial charge in [0.1, 0.15) is 0 Å². The molecular weight excluding hydrogens is 348 g/mol. The van der Waals surface area contributed by atoms with Crippen molar-refractivity contribution in [3.8, 4) is 0 Å². The molecule has 2 N–H and O–H groups in total. The van der Waals surface area contributed by atoms with E-state index in [1.807, 2.05) is 56.3 Å². The van der Waals surface area contributed by atoms with Crippen molar-refractivity contribution >= 4 is 29.1 Å². The van der Waals surface area contributed by atoms with Crippen molar-refractivity contribution < 1.29 is 4.79 Å². The molecule has 0 spiro atoms. The maximum Gasteiger partial charge on any atom is 0.254 e. The number of nitrogens with one attached hydrogen (secondary N) is 2. The van der Waals surface area contributed by atoms with Gasteiger partial charge in [-0.1, -0.05) is 41.9 Å². The van der Waals surface area contributed by atoms with Crippen LogP contribution in [0, 0.1) is 13.8 Å².